The summed E-state index contributed by atoms with van der Waals surface area (Å²) in [5.74, 6) is -0.527. The highest BCUT2D eigenvalue weighted by atomic mass is 79.9. The minimum absolute atomic E-state index is 0.257. The van der Waals surface area contributed by atoms with Crippen molar-refractivity contribution in [1.82, 2.24) is 0 Å². The van der Waals surface area contributed by atoms with E-state index in [0.29, 0.717) is 22.1 Å². The lowest BCUT2D eigenvalue weighted by atomic mass is 10.2. The van der Waals surface area contributed by atoms with Gasteiger partial charge in [0.2, 0.25) is 0 Å². The zero-order valence-corrected chi connectivity index (χ0v) is 10.9. The molecule has 5 nitrogen and oxygen atoms in total. The Labute approximate surface area is 106 Å². The average Bonchev–Trinajstić information content (AvgIpc) is 2.30. The molecular weight excluding hydrogens is 292 g/mol. The second-order valence-electron chi connectivity index (χ2n) is 3.25. The molecule has 1 N–H and O–H groups in total. The number of hydrogen-bond acceptors (Lipinski definition) is 4. The molecule has 0 aromatic heterocycles. The van der Waals surface area contributed by atoms with Crippen LogP contribution in [0.4, 0.5) is 0 Å². The molecule has 6 heteroatoms. The molecule has 17 heavy (non-hydrogen) atoms. The summed E-state index contributed by atoms with van der Waals surface area (Å²) >= 11 is 3.20. The molecule has 0 radical (unpaired) electrons. The molecule has 1 aromatic rings. The van der Waals surface area contributed by atoms with Gasteiger partial charge >= 0.3 is 5.97 Å². The van der Waals surface area contributed by atoms with Crippen LogP contribution in [0.25, 0.3) is 0 Å². The number of benzene rings is 1. The Balaban J connectivity index is 3.13. The largest absolute Gasteiger partial charge is 0.493 e. The lowest BCUT2D eigenvalue weighted by Crippen LogP contribution is -2.23. The van der Waals surface area contributed by atoms with Gasteiger partial charge in [-0.15, -0.1) is 0 Å². The molecular formula is C11H11BrO5. The maximum absolute atomic E-state index is 10.7. The number of halogens is 1. The van der Waals surface area contributed by atoms with Crippen LogP contribution in [0.3, 0.4) is 0 Å². The molecule has 1 unspecified atom stereocenters. The van der Waals surface area contributed by atoms with Crippen LogP contribution in [-0.2, 0) is 4.79 Å². The number of hydrogen-bond donors (Lipinski definition) is 1. The Morgan fingerprint density at radius 1 is 1.53 bits per heavy atom. The molecule has 0 spiro atoms. The molecule has 0 aliphatic heterocycles. The Morgan fingerprint density at radius 3 is 2.65 bits per heavy atom. The van der Waals surface area contributed by atoms with Gasteiger partial charge in [-0.25, -0.2) is 4.79 Å². The summed E-state index contributed by atoms with van der Waals surface area (Å²) in [6, 6.07) is 3.00. The van der Waals surface area contributed by atoms with E-state index in [1.165, 1.54) is 26.2 Å². The van der Waals surface area contributed by atoms with Gasteiger partial charge in [0.25, 0.3) is 0 Å². The predicted octanol–water partition coefficient (Wildman–Crippen LogP) is 2.12. The third-order valence-corrected chi connectivity index (χ3v) is 2.62. The summed E-state index contributed by atoms with van der Waals surface area (Å²) < 4.78 is 10.7. The van der Waals surface area contributed by atoms with Crippen molar-refractivity contribution >= 4 is 28.2 Å². The number of carbonyl (C=O) groups is 2. The minimum Gasteiger partial charge on any atom is -0.493 e. The van der Waals surface area contributed by atoms with E-state index in [0.717, 1.165) is 0 Å². The number of rotatable bonds is 5. The first-order valence-corrected chi connectivity index (χ1v) is 5.51. The summed E-state index contributed by atoms with van der Waals surface area (Å²) in [5, 5.41) is 8.76. The lowest BCUT2D eigenvalue weighted by Gasteiger charge is -2.15. The first-order valence-electron chi connectivity index (χ1n) is 4.71. The van der Waals surface area contributed by atoms with E-state index < -0.39 is 12.1 Å². The highest BCUT2D eigenvalue weighted by Gasteiger charge is 2.18. The van der Waals surface area contributed by atoms with Gasteiger partial charge in [0, 0.05) is 5.56 Å². The smallest absolute Gasteiger partial charge is 0.344 e. The molecule has 1 aromatic carbocycles. The van der Waals surface area contributed by atoms with E-state index in [4.69, 9.17) is 14.6 Å². The number of ether oxygens (including phenoxy) is 2. The van der Waals surface area contributed by atoms with Crippen molar-refractivity contribution in [3.63, 3.8) is 0 Å². The van der Waals surface area contributed by atoms with Crippen molar-refractivity contribution in [2.24, 2.45) is 0 Å². The van der Waals surface area contributed by atoms with Gasteiger partial charge in [-0.3, -0.25) is 4.79 Å². The molecule has 0 heterocycles. The van der Waals surface area contributed by atoms with E-state index in [2.05, 4.69) is 15.9 Å². The SMILES string of the molecule is COc1cc(C=O)cc(Br)c1OC(C)C(=O)O. The Kier molecular flexibility index (Phi) is 4.51. The lowest BCUT2D eigenvalue weighted by molar-refractivity contribution is -0.144. The van der Waals surface area contributed by atoms with E-state index in [-0.39, 0.29) is 5.75 Å². The number of aliphatic carboxylic acids is 1. The molecule has 0 saturated carbocycles. The first kappa shape index (κ1) is 13.5. The van der Waals surface area contributed by atoms with E-state index in [9.17, 15) is 9.59 Å². The van der Waals surface area contributed by atoms with Crippen molar-refractivity contribution in [2.45, 2.75) is 13.0 Å². The minimum atomic E-state index is -1.08. The fourth-order valence-electron chi connectivity index (χ4n) is 1.15. The Hall–Kier alpha value is -1.56. The van der Waals surface area contributed by atoms with Crippen LogP contribution < -0.4 is 9.47 Å². The van der Waals surface area contributed by atoms with Crippen LogP contribution in [0.1, 0.15) is 17.3 Å². The van der Waals surface area contributed by atoms with Crippen molar-refractivity contribution in [3.05, 3.63) is 22.2 Å². The number of methoxy groups -OCH3 is 1. The average molecular weight is 303 g/mol. The maximum Gasteiger partial charge on any atom is 0.344 e. The first-order chi connectivity index (χ1) is 7.99. The molecule has 0 bridgehead atoms. The quantitative estimate of drug-likeness (QED) is 0.844. The molecule has 0 fully saturated rings. The molecule has 1 atom stereocenters. The van der Waals surface area contributed by atoms with Gasteiger partial charge in [-0.05, 0) is 35.0 Å². The monoisotopic (exact) mass is 302 g/mol. The van der Waals surface area contributed by atoms with Gasteiger partial charge in [0.05, 0.1) is 11.6 Å². The van der Waals surface area contributed by atoms with Crippen LogP contribution in [0.15, 0.2) is 16.6 Å². The zero-order chi connectivity index (χ0) is 13.0. The van der Waals surface area contributed by atoms with Crippen molar-refractivity contribution in [2.75, 3.05) is 7.11 Å². The summed E-state index contributed by atoms with van der Waals surface area (Å²) in [7, 11) is 1.41. The molecule has 0 amide bonds. The summed E-state index contributed by atoms with van der Waals surface area (Å²) in [6.07, 6.45) is -0.347. The summed E-state index contributed by atoms with van der Waals surface area (Å²) in [5.41, 5.74) is 0.407. The number of carbonyl (C=O) groups excluding carboxylic acids is 1. The van der Waals surface area contributed by atoms with E-state index >= 15 is 0 Å². The fraction of sp³-hybridized carbons (Fsp3) is 0.273. The van der Waals surface area contributed by atoms with Crippen LogP contribution in [0.2, 0.25) is 0 Å². The van der Waals surface area contributed by atoms with Crippen LogP contribution in [0, 0.1) is 0 Å². The van der Waals surface area contributed by atoms with Crippen LogP contribution >= 0.6 is 15.9 Å². The van der Waals surface area contributed by atoms with Gasteiger partial charge in [0.15, 0.2) is 17.6 Å². The molecule has 0 aliphatic carbocycles. The van der Waals surface area contributed by atoms with Crippen molar-refractivity contribution < 1.29 is 24.2 Å². The third-order valence-electron chi connectivity index (χ3n) is 2.03. The molecule has 0 saturated heterocycles. The number of carboxylic acid groups (broad SMARTS) is 1. The van der Waals surface area contributed by atoms with Gasteiger partial charge in [-0.2, -0.15) is 0 Å². The van der Waals surface area contributed by atoms with Crippen LogP contribution in [-0.4, -0.2) is 30.6 Å². The van der Waals surface area contributed by atoms with E-state index in [1.54, 1.807) is 0 Å². The van der Waals surface area contributed by atoms with Gasteiger partial charge in [0.1, 0.15) is 6.29 Å². The number of carboxylic acids is 1. The second-order valence-corrected chi connectivity index (χ2v) is 4.10. The summed E-state index contributed by atoms with van der Waals surface area (Å²) in [6.45, 7) is 1.40. The molecule has 1 rings (SSSR count). The highest BCUT2D eigenvalue weighted by Crippen LogP contribution is 2.36. The normalized spacial score (nSPS) is 11.7. The van der Waals surface area contributed by atoms with Gasteiger partial charge in [-0.1, -0.05) is 0 Å². The van der Waals surface area contributed by atoms with E-state index in [1.807, 2.05) is 0 Å². The standard InChI is InChI=1S/C11H11BrO5/c1-6(11(14)15)17-10-8(12)3-7(5-13)4-9(10)16-2/h3-6H,1-2H3,(H,14,15). The molecule has 0 aliphatic rings. The maximum atomic E-state index is 10.7. The molecule has 92 valence electrons. The zero-order valence-electron chi connectivity index (χ0n) is 9.27. The van der Waals surface area contributed by atoms with Crippen LogP contribution in [0.5, 0.6) is 11.5 Å². The third kappa shape index (κ3) is 3.20. The fourth-order valence-corrected chi connectivity index (χ4v) is 1.70. The second kappa shape index (κ2) is 5.67. The summed E-state index contributed by atoms with van der Waals surface area (Å²) in [4.78, 5) is 21.4. The Bertz CT molecular complexity index is 444. The van der Waals surface area contributed by atoms with Crippen molar-refractivity contribution in [1.29, 1.82) is 0 Å². The van der Waals surface area contributed by atoms with Gasteiger partial charge < -0.3 is 14.6 Å². The topological polar surface area (TPSA) is 72.8 Å². The highest BCUT2D eigenvalue weighted by molar-refractivity contribution is 9.10. The van der Waals surface area contributed by atoms with Crippen molar-refractivity contribution in [3.8, 4) is 11.5 Å². The predicted molar refractivity (Wildman–Crippen MR) is 63.8 cm³/mol. The number of aldehydes is 1. The Morgan fingerprint density at radius 2 is 2.18 bits per heavy atom.